The van der Waals surface area contributed by atoms with Crippen LogP contribution in [0, 0.1) is 23.2 Å². The van der Waals surface area contributed by atoms with Crippen molar-refractivity contribution in [2.24, 2.45) is 23.2 Å². The minimum Gasteiger partial charge on any atom is -0.396 e. The summed E-state index contributed by atoms with van der Waals surface area (Å²) in [5, 5.41) is 9.39. The van der Waals surface area contributed by atoms with Gasteiger partial charge >= 0.3 is 0 Å². The van der Waals surface area contributed by atoms with E-state index in [0.717, 1.165) is 5.92 Å². The molecule has 0 aromatic rings. The SMILES string of the molecule is CO[C@H]1CCCC2(C)C([C@H](C)CO)CCC12. The Morgan fingerprint density at radius 1 is 1.38 bits per heavy atom. The zero-order chi connectivity index (χ0) is 11.8. The molecule has 2 rings (SSSR count). The van der Waals surface area contributed by atoms with Crippen molar-refractivity contribution in [3.8, 4) is 0 Å². The lowest BCUT2D eigenvalue weighted by Gasteiger charge is -2.46. The molecule has 16 heavy (non-hydrogen) atoms. The average molecular weight is 226 g/mol. The first kappa shape index (κ1) is 12.4. The van der Waals surface area contributed by atoms with Gasteiger partial charge in [-0.2, -0.15) is 0 Å². The van der Waals surface area contributed by atoms with Gasteiger partial charge in [0.05, 0.1) is 6.10 Å². The van der Waals surface area contributed by atoms with E-state index in [4.69, 9.17) is 4.74 Å². The fourth-order valence-electron chi connectivity index (χ4n) is 4.50. The number of fused-ring (bicyclic) bond motifs is 1. The van der Waals surface area contributed by atoms with E-state index in [2.05, 4.69) is 13.8 Å². The van der Waals surface area contributed by atoms with Gasteiger partial charge in [0.1, 0.15) is 0 Å². The van der Waals surface area contributed by atoms with Crippen molar-refractivity contribution in [1.82, 2.24) is 0 Å². The van der Waals surface area contributed by atoms with E-state index in [1.165, 1.54) is 32.1 Å². The zero-order valence-corrected chi connectivity index (χ0v) is 10.9. The molecule has 0 saturated heterocycles. The van der Waals surface area contributed by atoms with Crippen molar-refractivity contribution >= 4 is 0 Å². The molecular formula is C14H26O2. The van der Waals surface area contributed by atoms with Crippen molar-refractivity contribution in [1.29, 1.82) is 0 Å². The molecule has 0 aliphatic heterocycles. The van der Waals surface area contributed by atoms with E-state index in [1.54, 1.807) is 0 Å². The molecule has 2 heteroatoms. The van der Waals surface area contributed by atoms with Gasteiger partial charge in [0.25, 0.3) is 0 Å². The zero-order valence-electron chi connectivity index (χ0n) is 10.9. The molecule has 0 bridgehead atoms. The Hall–Kier alpha value is -0.0800. The summed E-state index contributed by atoms with van der Waals surface area (Å²) in [6.45, 7) is 4.98. The van der Waals surface area contributed by atoms with Gasteiger partial charge < -0.3 is 9.84 Å². The average Bonchev–Trinajstić information content (AvgIpc) is 2.64. The highest BCUT2D eigenvalue weighted by Gasteiger charge is 2.52. The molecule has 2 aliphatic rings. The fourth-order valence-corrected chi connectivity index (χ4v) is 4.50. The van der Waals surface area contributed by atoms with Crippen molar-refractivity contribution in [2.75, 3.05) is 13.7 Å². The molecule has 2 fully saturated rings. The highest BCUT2D eigenvalue weighted by molar-refractivity contribution is 5.01. The molecule has 94 valence electrons. The lowest BCUT2D eigenvalue weighted by atomic mass is 9.62. The predicted molar refractivity (Wildman–Crippen MR) is 65.2 cm³/mol. The van der Waals surface area contributed by atoms with Crippen molar-refractivity contribution in [3.63, 3.8) is 0 Å². The van der Waals surface area contributed by atoms with Crippen LogP contribution in [0.2, 0.25) is 0 Å². The quantitative estimate of drug-likeness (QED) is 0.802. The third kappa shape index (κ3) is 1.80. The molecule has 0 aromatic carbocycles. The third-order valence-corrected chi connectivity index (χ3v) is 5.41. The van der Waals surface area contributed by atoms with Crippen molar-refractivity contribution in [3.05, 3.63) is 0 Å². The largest absolute Gasteiger partial charge is 0.396 e. The van der Waals surface area contributed by atoms with Gasteiger partial charge in [-0.05, 0) is 48.9 Å². The second kappa shape index (κ2) is 4.66. The predicted octanol–water partition coefficient (Wildman–Crippen LogP) is 2.85. The summed E-state index contributed by atoms with van der Waals surface area (Å²) in [7, 11) is 1.86. The molecule has 3 unspecified atom stereocenters. The molecule has 2 nitrogen and oxygen atoms in total. The Labute approximate surface area is 99.4 Å². The van der Waals surface area contributed by atoms with E-state index in [-0.39, 0.29) is 0 Å². The molecule has 2 aliphatic carbocycles. The summed E-state index contributed by atoms with van der Waals surface area (Å²) in [5.74, 6) is 1.87. The number of ether oxygens (including phenoxy) is 1. The summed E-state index contributed by atoms with van der Waals surface area (Å²) in [4.78, 5) is 0. The van der Waals surface area contributed by atoms with E-state index in [9.17, 15) is 5.11 Å². The molecule has 0 aromatic heterocycles. The van der Waals surface area contributed by atoms with Crippen LogP contribution in [0.3, 0.4) is 0 Å². The van der Waals surface area contributed by atoms with E-state index in [1.807, 2.05) is 7.11 Å². The number of hydrogen-bond donors (Lipinski definition) is 1. The maximum Gasteiger partial charge on any atom is 0.0604 e. The Balaban J connectivity index is 2.17. The summed E-state index contributed by atoms with van der Waals surface area (Å²) in [6.07, 6.45) is 6.89. The first-order valence-corrected chi connectivity index (χ1v) is 6.77. The van der Waals surface area contributed by atoms with Crippen LogP contribution in [0.1, 0.15) is 46.0 Å². The normalized spacial score (nSPS) is 45.4. The highest BCUT2D eigenvalue weighted by atomic mass is 16.5. The van der Waals surface area contributed by atoms with Crippen LogP contribution < -0.4 is 0 Å². The van der Waals surface area contributed by atoms with Crippen molar-refractivity contribution < 1.29 is 9.84 Å². The first-order chi connectivity index (χ1) is 7.63. The van der Waals surface area contributed by atoms with Gasteiger partial charge in [0.2, 0.25) is 0 Å². The van der Waals surface area contributed by atoms with Crippen LogP contribution in [0.5, 0.6) is 0 Å². The lowest BCUT2D eigenvalue weighted by molar-refractivity contribution is -0.0531. The minimum absolute atomic E-state index is 0.338. The maximum absolute atomic E-state index is 9.39. The van der Waals surface area contributed by atoms with Gasteiger partial charge in [0.15, 0.2) is 0 Å². The molecule has 2 saturated carbocycles. The molecule has 0 heterocycles. The van der Waals surface area contributed by atoms with Crippen LogP contribution >= 0.6 is 0 Å². The van der Waals surface area contributed by atoms with Crippen LogP contribution in [-0.2, 0) is 4.74 Å². The third-order valence-electron chi connectivity index (χ3n) is 5.41. The van der Waals surface area contributed by atoms with Gasteiger partial charge in [0, 0.05) is 13.7 Å². The van der Waals surface area contributed by atoms with Crippen LogP contribution in [0.25, 0.3) is 0 Å². The lowest BCUT2D eigenvalue weighted by Crippen LogP contribution is -2.42. The maximum atomic E-state index is 9.39. The number of rotatable bonds is 3. The minimum atomic E-state index is 0.338. The molecule has 1 N–H and O–H groups in total. The molecule has 0 amide bonds. The number of aliphatic hydroxyl groups excluding tert-OH is 1. The molecule has 0 radical (unpaired) electrons. The second-order valence-electron chi connectivity index (χ2n) is 6.12. The Morgan fingerprint density at radius 3 is 2.75 bits per heavy atom. The second-order valence-corrected chi connectivity index (χ2v) is 6.12. The fraction of sp³-hybridized carbons (Fsp3) is 1.00. The first-order valence-electron chi connectivity index (χ1n) is 6.77. The summed E-state index contributed by atoms with van der Waals surface area (Å²) in [6, 6.07) is 0. The van der Waals surface area contributed by atoms with Crippen molar-refractivity contribution in [2.45, 2.75) is 52.1 Å². The van der Waals surface area contributed by atoms with E-state index >= 15 is 0 Å². The van der Waals surface area contributed by atoms with Crippen LogP contribution in [-0.4, -0.2) is 24.9 Å². The summed E-state index contributed by atoms with van der Waals surface area (Å²) in [5.41, 5.74) is 0.418. The van der Waals surface area contributed by atoms with Gasteiger partial charge in [-0.3, -0.25) is 0 Å². The summed E-state index contributed by atoms with van der Waals surface area (Å²) >= 11 is 0. The topological polar surface area (TPSA) is 29.5 Å². The van der Waals surface area contributed by atoms with Crippen LogP contribution in [0.15, 0.2) is 0 Å². The standard InChI is InChI=1S/C14H26O2/c1-10(9-15)11-6-7-12-13(16-3)5-4-8-14(11,12)2/h10-13,15H,4-9H2,1-3H3/t10-,11?,12?,13+,14?/m1/s1. The molecule has 5 atom stereocenters. The Morgan fingerprint density at radius 2 is 2.12 bits per heavy atom. The monoisotopic (exact) mass is 226 g/mol. The summed E-state index contributed by atoms with van der Waals surface area (Å²) < 4.78 is 5.67. The number of aliphatic hydroxyl groups is 1. The van der Waals surface area contributed by atoms with Crippen LogP contribution in [0.4, 0.5) is 0 Å². The van der Waals surface area contributed by atoms with Gasteiger partial charge in [-0.25, -0.2) is 0 Å². The van der Waals surface area contributed by atoms with E-state index in [0.29, 0.717) is 30.0 Å². The van der Waals surface area contributed by atoms with E-state index < -0.39 is 0 Å². The van der Waals surface area contributed by atoms with Gasteiger partial charge in [-0.1, -0.05) is 20.3 Å². The molecule has 0 spiro atoms. The Kier molecular flexibility index (Phi) is 3.60. The Bertz CT molecular complexity index is 233. The van der Waals surface area contributed by atoms with Gasteiger partial charge in [-0.15, -0.1) is 0 Å². The number of hydrogen-bond acceptors (Lipinski definition) is 2. The smallest absolute Gasteiger partial charge is 0.0604 e. The highest BCUT2D eigenvalue weighted by Crippen LogP contribution is 2.58. The molecular weight excluding hydrogens is 200 g/mol. The number of methoxy groups -OCH3 is 1.